The van der Waals surface area contributed by atoms with Crippen LogP contribution in [-0.4, -0.2) is 33.8 Å². The Bertz CT molecular complexity index is 1250. The molecule has 0 spiro atoms. The number of benzene rings is 3. The van der Waals surface area contributed by atoms with Gasteiger partial charge in [0.2, 0.25) is 5.78 Å². The van der Waals surface area contributed by atoms with Gasteiger partial charge in [0.05, 0.1) is 39.0 Å². The lowest BCUT2D eigenvalue weighted by Gasteiger charge is -2.31. The van der Waals surface area contributed by atoms with Crippen molar-refractivity contribution in [2.75, 3.05) is 33.0 Å². The number of ketones is 1. The van der Waals surface area contributed by atoms with E-state index in [1.807, 2.05) is 36.4 Å². The molecule has 2 aliphatic rings. The molecule has 0 aliphatic carbocycles. The standard InChI is InChI=1S/C26H23NO6/c1-29-18-7-5-17(6-8-18)27-14-20-21(32-15-27)11-9-19-25(28)24(33-26(19)20)13-16-4-10-22(30-2)23(12-16)31-3/h4-13H,14-15H2,1-3H3/b24-13-. The molecule has 168 valence electrons. The molecular weight excluding hydrogens is 422 g/mol. The smallest absolute Gasteiger partial charge is 0.231 e. The van der Waals surface area contributed by atoms with Crippen molar-refractivity contribution in [1.29, 1.82) is 0 Å². The number of carbonyl (C=O) groups is 1. The molecule has 5 rings (SSSR count). The SMILES string of the molecule is COc1ccc(N2COc3ccc4c(c3C2)O/C(=C\c2ccc(OC)c(OC)c2)C4=O)cc1. The minimum Gasteiger partial charge on any atom is -0.497 e. The van der Waals surface area contributed by atoms with Crippen molar-refractivity contribution in [2.45, 2.75) is 6.54 Å². The quantitative estimate of drug-likeness (QED) is 0.528. The second-order valence-electron chi connectivity index (χ2n) is 7.64. The Labute approximate surface area is 191 Å². The first-order valence-electron chi connectivity index (χ1n) is 10.4. The maximum Gasteiger partial charge on any atom is 0.231 e. The molecule has 2 heterocycles. The topological polar surface area (TPSA) is 66.5 Å². The molecule has 0 saturated heterocycles. The van der Waals surface area contributed by atoms with Crippen LogP contribution >= 0.6 is 0 Å². The van der Waals surface area contributed by atoms with Crippen LogP contribution < -0.4 is 28.6 Å². The van der Waals surface area contributed by atoms with Gasteiger partial charge in [-0.15, -0.1) is 0 Å². The lowest BCUT2D eigenvalue weighted by atomic mass is 10.0. The summed E-state index contributed by atoms with van der Waals surface area (Å²) in [5.41, 5.74) is 3.14. The monoisotopic (exact) mass is 445 g/mol. The van der Waals surface area contributed by atoms with Crippen LogP contribution in [0, 0.1) is 0 Å². The number of allylic oxidation sites excluding steroid dienone is 1. The zero-order valence-corrected chi connectivity index (χ0v) is 18.6. The van der Waals surface area contributed by atoms with Crippen LogP contribution in [-0.2, 0) is 6.54 Å². The minimum atomic E-state index is -0.163. The first-order valence-corrected chi connectivity index (χ1v) is 10.4. The molecule has 7 nitrogen and oxygen atoms in total. The highest BCUT2D eigenvalue weighted by Gasteiger charge is 2.33. The Morgan fingerprint density at radius 2 is 1.70 bits per heavy atom. The lowest BCUT2D eigenvalue weighted by molar-refractivity contribution is 0.101. The molecular formula is C26H23NO6. The summed E-state index contributed by atoms with van der Waals surface area (Å²) in [5, 5.41) is 0. The van der Waals surface area contributed by atoms with Crippen LogP contribution in [0.4, 0.5) is 5.69 Å². The van der Waals surface area contributed by atoms with Gasteiger partial charge in [0.1, 0.15) is 17.2 Å². The fraction of sp³-hybridized carbons (Fsp3) is 0.192. The molecule has 0 amide bonds. The summed E-state index contributed by atoms with van der Waals surface area (Å²) in [6.07, 6.45) is 1.71. The lowest BCUT2D eigenvalue weighted by Crippen LogP contribution is -2.32. The van der Waals surface area contributed by atoms with Gasteiger partial charge in [-0.05, 0) is 60.2 Å². The van der Waals surface area contributed by atoms with E-state index in [2.05, 4.69) is 4.90 Å². The van der Waals surface area contributed by atoms with Crippen LogP contribution in [0.5, 0.6) is 28.7 Å². The van der Waals surface area contributed by atoms with E-state index in [0.717, 1.165) is 28.3 Å². The van der Waals surface area contributed by atoms with Crippen molar-refractivity contribution < 1.29 is 28.5 Å². The predicted molar refractivity (Wildman–Crippen MR) is 124 cm³/mol. The first kappa shape index (κ1) is 20.8. The minimum absolute atomic E-state index is 0.163. The molecule has 7 heteroatoms. The van der Waals surface area contributed by atoms with Gasteiger partial charge in [-0.25, -0.2) is 0 Å². The van der Waals surface area contributed by atoms with E-state index in [1.54, 1.807) is 45.6 Å². The molecule has 0 saturated carbocycles. The van der Waals surface area contributed by atoms with E-state index in [0.29, 0.717) is 36.1 Å². The number of hydrogen-bond acceptors (Lipinski definition) is 7. The first-order chi connectivity index (χ1) is 16.1. The molecule has 0 bridgehead atoms. The van der Waals surface area contributed by atoms with Crippen molar-refractivity contribution in [2.24, 2.45) is 0 Å². The third kappa shape index (κ3) is 3.71. The summed E-state index contributed by atoms with van der Waals surface area (Å²) in [7, 11) is 4.79. The summed E-state index contributed by atoms with van der Waals surface area (Å²) in [6.45, 7) is 0.960. The van der Waals surface area contributed by atoms with E-state index >= 15 is 0 Å². The van der Waals surface area contributed by atoms with Gasteiger partial charge >= 0.3 is 0 Å². The van der Waals surface area contributed by atoms with Crippen molar-refractivity contribution in [3.8, 4) is 28.7 Å². The van der Waals surface area contributed by atoms with Gasteiger partial charge in [-0.3, -0.25) is 4.79 Å². The van der Waals surface area contributed by atoms with E-state index in [1.165, 1.54) is 0 Å². The summed E-state index contributed by atoms with van der Waals surface area (Å²) >= 11 is 0. The maximum absolute atomic E-state index is 13.1. The third-order valence-corrected chi connectivity index (χ3v) is 5.77. The maximum atomic E-state index is 13.1. The summed E-state index contributed by atoms with van der Waals surface area (Å²) < 4.78 is 27.9. The van der Waals surface area contributed by atoms with Gasteiger partial charge in [-0.2, -0.15) is 0 Å². The van der Waals surface area contributed by atoms with E-state index in [-0.39, 0.29) is 11.5 Å². The van der Waals surface area contributed by atoms with Gasteiger partial charge < -0.3 is 28.6 Å². The molecule has 0 aromatic heterocycles. The van der Waals surface area contributed by atoms with Crippen molar-refractivity contribution in [1.82, 2.24) is 0 Å². The fourth-order valence-corrected chi connectivity index (χ4v) is 4.01. The van der Waals surface area contributed by atoms with E-state index < -0.39 is 0 Å². The molecule has 33 heavy (non-hydrogen) atoms. The molecule has 2 aliphatic heterocycles. The highest BCUT2D eigenvalue weighted by molar-refractivity contribution is 6.15. The summed E-state index contributed by atoms with van der Waals surface area (Å²) in [4.78, 5) is 15.1. The molecule has 3 aromatic carbocycles. The zero-order chi connectivity index (χ0) is 22.9. The largest absolute Gasteiger partial charge is 0.497 e. The molecule has 0 unspecified atom stereocenters. The number of carbonyl (C=O) groups excluding carboxylic acids is 1. The van der Waals surface area contributed by atoms with Crippen LogP contribution in [0.15, 0.2) is 60.4 Å². The predicted octanol–water partition coefficient (Wildman–Crippen LogP) is 4.69. The zero-order valence-electron chi connectivity index (χ0n) is 18.6. The number of methoxy groups -OCH3 is 3. The third-order valence-electron chi connectivity index (χ3n) is 5.77. The number of nitrogens with zero attached hydrogens (tertiary/aromatic N) is 1. The molecule has 0 N–H and O–H groups in total. The highest BCUT2D eigenvalue weighted by atomic mass is 16.5. The normalized spacial score (nSPS) is 15.4. The average molecular weight is 445 g/mol. The Hall–Kier alpha value is -4.13. The average Bonchev–Trinajstić information content (AvgIpc) is 3.19. The molecule has 0 fully saturated rings. The van der Waals surface area contributed by atoms with Crippen molar-refractivity contribution >= 4 is 17.5 Å². The van der Waals surface area contributed by atoms with Gasteiger partial charge in [-0.1, -0.05) is 6.07 Å². The van der Waals surface area contributed by atoms with Crippen molar-refractivity contribution in [3.05, 3.63) is 77.0 Å². The summed E-state index contributed by atoms with van der Waals surface area (Å²) in [5.74, 6) is 3.34. The van der Waals surface area contributed by atoms with E-state index in [9.17, 15) is 4.79 Å². The van der Waals surface area contributed by atoms with Gasteiger partial charge in [0.15, 0.2) is 24.0 Å². The summed E-state index contributed by atoms with van der Waals surface area (Å²) in [6, 6.07) is 16.8. The van der Waals surface area contributed by atoms with Gasteiger partial charge in [0.25, 0.3) is 0 Å². The highest BCUT2D eigenvalue weighted by Crippen LogP contribution is 2.43. The van der Waals surface area contributed by atoms with Crippen LogP contribution in [0.2, 0.25) is 0 Å². The van der Waals surface area contributed by atoms with Gasteiger partial charge in [0, 0.05) is 5.69 Å². The Balaban J connectivity index is 1.45. The second kappa shape index (κ2) is 8.43. The fourth-order valence-electron chi connectivity index (χ4n) is 4.01. The number of rotatable bonds is 5. The van der Waals surface area contributed by atoms with Crippen LogP contribution in [0.1, 0.15) is 21.5 Å². The number of hydrogen-bond donors (Lipinski definition) is 0. The Morgan fingerprint density at radius 3 is 2.42 bits per heavy atom. The van der Waals surface area contributed by atoms with Crippen LogP contribution in [0.3, 0.4) is 0 Å². The number of fused-ring (bicyclic) bond motifs is 3. The molecule has 0 radical (unpaired) electrons. The Kier molecular flexibility index (Phi) is 5.30. The second-order valence-corrected chi connectivity index (χ2v) is 7.64. The number of ether oxygens (including phenoxy) is 5. The Morgan fingerprint density at radius 1 is 0.909 bits per heavy atom. The molecule has 3 aromatic rings. The number of anilines is 1. The van der Waals surface area contributed by atoms with E-state index in [4.69, 9.17) is 23.7 Å². The number of Topliss-reactive ketones (excluding diaryl/α,β-unsaturated/α-hetero) is 1. The van der Waals surface area contributed by atoms with Crippen LogP contribution in [0.25, 0.3) is 6.08 Å². The molecule has 0 atom stereocenters. The van der Waals surface area contributed by atoms with Crippen molar-refractivity contribution in [3.63, 3.8) is 0 Å².